The maximum absolute atomic E-state index is 11.1. The molecule has 0 spiro atoms. The molecule has 0 aromatic carbocycles. The van der Waals surface area contributed by atoms with E-state index in [1.165, 1.54) is 0 Å². The lowest BCUT2D eigenvalue weighted by Crippen LogP contribution is -1.95. The Morgan fingerprint density at radius 3 is 1.71 bits per heavy atom. The molecular formula is C13H16O4. The molecule has 0 bridgehead atoms. The molecule has 0 saturated carbocycles. The van der Waals surface area contributed by atoms with Gasteiger partial charge in [-0.05, 0) is 19.3 Å². The Hall–Kier alpha value is -1.58. The fourth-order valence-corrected chi connectivity index (χ4v) is 1.94. The predicted molar refractivity (Wildman–Crippen MR) is 61.2 cm³/mol. The molecule has 4 heteroatoms. The summed E-state index contributed by atoms with van der Waals surface area (Å²) in [6.45, 7) is 1.03. The summed E-state index contributed by atoms with van der Waals surface area (Å²) < 4.78 is 9.68. The Morgan fingerprint density at radius 2 is 1.35 bits per heavy atom. The molecule has 0 N–H and O–H groups in total. The van der Waals surface area contributed by atoms with Gasteiger partial charge < -0.3 is 9.47 Å². The molecule has 0 aromatic rings. The molecule has 2 fully saturated rings. The van der Waals surface area contributed by atoms with Crippen molar-refractivity contribution in [3.8, 4) is 0 Å². The van der Waals surface area contributed by atoms with E-state index >= 15 is 0 Å². The van der Waals surface area contributed by atoms with E-state index in [-0.39, 0.29) is 11.9 Å². The molecule has 92 valence electrons. The maximum atomic E-state index is 11.1. The summed E-state index contributed by atoms with van der Waals surface area (Å²) in [5, 5.41) is 0. The first kappa shape index (κ1) is 11.9. The van der Waals surface area contributed by atoms with Gasteiger partial charge >= 0.3 is 11.9 Å². The Morgan fingerprint density at radius 1 is 0.882 bits per heavy atom. The van der Waals surface area contributed by atoms with Crippen molar-refractivity contribution in [1.29, 1.82) is 0 Å². The van der Waals surface area contributed by atoms with E-state index in [4.69, 9.17) is 9.47 Å². The molecule has 4 nitrogen and oxygen atoms in total. The van der Waals surface area contributed by atoms with E-state index in [0.29, 0.717) is 13.2 Å². The van der Waals surface area contributed by atoms with E-state index in [2.05, 4.69) is 0 Å². The molecule has 2 rings (SSSR count). The summed E-state index contributed by atoms with van der Waals surface area (Å²) in [5.74, 6) is -0.356. The third-order valence-corrected chi connectivity index (χ3v) is 2.92. The lowest BCUT2D eigenvalue weighted by atomic mass is 10.1. The first-order chi connectivity index (χ1) is 8.27. The van der Waals surface area contributed by atoms with Crippen molar-refractivity contribution in [3.05, 3.63) is 23.3 Å². The molecule has 0 amide bonds. The van der Waals surface area contributed by atoms with Crippen molar-refractivity contribution >= 4 is 11.9 Å². The topological polar surface area (TPSA) is 52.6 Å². The van der Waals surface area contributed by atoms with Crippen LogP contribution in [0.2, 0.25) is 0 Å². The molecule has 0 atom stereocenters. The second kappa shape index (κ2) is 5.66. The molecule has 2 heterocycles. The van der Waals surface area contributed by atoms with Gasteiger partial charge in [0.05, 0.1) is 13.2 Å². The summed E-state index contributed by atoms with van der Waals surface area (Å²) in [4.78, 5) is 22.3. The number of carbonyl (C=O) groups excluding carboxylic acids is 2. The van der Waals surface area contributed by atoms with Crippen molar-refractivity contribution < 1.29 is 19.1 Å². The van der Waals surface area contributed by atoms with Crippen LogP contribution in [0.25, 0.3) is 0 Å². The van der Waals surface area contributed by atoms with Crippen molar-refractivity contribution in [2.45, 2.75) is 32.1 Å². The Labute approximate surface area is 100 Å². The number of esters is 2. The zero-order valence-corrected chi connectivity index (χ0v) is 9.74. The van der Waals surface area contributed by atoms with Gasteiger partial charge in [-0.2, -0.15) is 0 Å². The Bertz CT molecular complexity index is 343. The van der Waals surface area contributed by atoms with Crippen LogP contribution in [-0.4, -0.2) is 25.2 Å². The number of hydrogen-bond donors (Lipinski definition) is 0. The fraction of sp³-hybridized carbons (Fsp3) is 0.538. The van der Waals surface area contributed by atoms with Gasteiger partial charge in [0.15, 0.2) is 0 Å². The summed E-state index contributed by atoms with van der Waals surface area (Å²) in [7, 11) is 0. The molecule has 0 radical (unpaired) electrons. The number of rotatable bonds is 4. The van der Waals surface area contributed by atoms with Gasteiger partial charge in [0.2, 0.25) is 0 Å². The second-order valence-corrected chi connectivity index (χ2v) is 4.16. The highest BCUT2D eigenvalue weighted by molar-refractivity contribution is 5.90. The molecule has 0 unspecified atom stereocenters. The van der Waals surface area contributed by atoms with E-state index < -0.39 is 0 Å². The van der Waals surface area contributed by atoms with Crippen LogP contribution in [0.3, 0.4) is 0 Å². The Balaban J connectivity index is 1.70. The van der Waals surface area contributed by atoms with Crippen LogP contribution in [-0.2, 0) is 19.1 Å². The standard InChI is InChI=1S/C13H16O4/c14-12-10(6-8-16-12)4-2-1-3-5-11-7-9-17-13(11)15/h4-5H,1-3,6-9H2/b10-4+,11-5+. The summed E-state index contributed by atoms with van der Waals surface area (Å²) in [6, 6.07) is 0. The third-order valence-electron chi connectivity index (χ3n) is 2.92. The van der Waals surface area contributed by atoms with Gasteiger partial charge in [0.25, 0.3) is 0 Å². The SMILES string of the molecule is O=C1OCC/C1=C\CCC/C=C1\CCOC1=O. The van der Waals surface area contributed by atoms with Crippen molar-refractivity contribution in [1.82, 2.24) is 0 Å². The van der Waals surface area contributed by atoms with Gasteiger partial charge in [0.1, 0.15) is 0 Å². The smallest absolute Gasteiger partial charge is 0.333 e. The van der Waals surface area contributed by atoms with E-state index in [0.717, 1.165) is 43.3 Å². The van der Waals surface area contributed by atoms with Gasteiger partial charge in [-0.15, -0.1) is 0 Å². The average molecular weight is 236 g/mol. The number of ether oxygens (including phenoxy) is 2. The molecule has 0 aliphatic carbocycles. The van der Waals surface area contributed by atoms with Gasteiger partial charge in [0, 0.05) is 24.0 Å². The summed E-state index contributed by atoms with van der Waals surface area (Å²) in [5.41, 5.74) is 1.58. The van der Waals surface area contributed by atoms with Crippen molar-refractivity contribution in [2.24, 2.45) is 0 Å². The summed E-state index contributed by atoms with van der Waals surface area (Å²) in [6.07, 6.45) is 7.99. The van der Waals surface area contributed by atoms with Crippen LogP contribution in [0.4, 0.5) is 0 Å². The highest BCUT2D eigenvalue weighted by Gasteiger charge is 2.18. The molecule has 17 heavy (non-hydrogen) atoms. The molecule has 2 saturated heterocycles. The van der Waals surface area contributed by atoms with Gasteiger partial charge in [-0.1, -0.05) is 12.2 Å². The van der Waals surface area contributed by atoms with Crippen LogP contribution in [0.1, 0.15) is 32.1 Å². The first-order valence-electron chi connectivity index (χ1n) is 5.99. The van der Waals surface area contributed by atoms with Crippen LogP contribution in [0.15, 0.2) is 23.3 Å². The van der Waals surface area contributed by atoms with Crippen LogP contribution < -0.4 is 0 Å². The minimum absolute atomic E-state index is 0.178. The van der Waals surface area contributed by atoms with E-state index in [1.54, 1.807) is 0 Å². The molecule has 2 aliphatic heterocycles. The maximum Gasteiger partial charge on any atom is 0.333 e. The fourth-order valence-electron chi connectivity index (χ4n) is 1.94. The first-order valence-corrected chi connectivity index (χ1v) is 5.99. The zero-order chi connectivity index (χ0) is 12.1. The number of hydrogen-bond acceptors (Lipinski definition) is 4. The lowest BCUT2D eigenvalue weighted by molar-refractivity contribution is -0.135. The largest absolute Gasteiger partial charge is 0.462 e. The molecule has 2 aliphatic rings. The lowest BCUT2D eigenvalue weighted by Gasteiger charge is -1.94. The average Bonchev–Trinajstić information content (AvgIpc) is 2.89. The predicted octanol–water partition coefficient (Wildman–Crippen LogP) is 1.90. The molecular weight excluding hydrogens is 220 g/mol. The summed E-state index contributed by atoms with van der Waals surface area (Å²) >= 11 is 0. The van der Waals surface area contributed by atoms with Crippen LogP contribution in [0, 0.1) is 0 Å². The molecule has 0 aromatic heterocycles. The number of cyclic esters (lactones) is 2. The van der Waals surface area contributed by atoms with E-state index in [9.17, 15) is 9.59 Å². The highest BCUT2D eigenvalue weighted by Crippen LogP contribution is 2.17. The quantitative estimate of drug-likeness (QED) is 0.425. The number of allylic oxidation sites excluding steroid dienone is 2. The minimum Gasteiger partial charge on any atom is -0.462 e. The zero-order valence-electron chi connectivity index (χ0n) is 9.74. The van der Waals surface area contributed by atoms with Crippen molar-refractivity contribution in [3.63, 3.8) is 0 Å². The highest BCUT2D eigenvalue weighted by atomic mass is 16.5. The van der Waals surface area contributed by atoms with Crippen LogP contribution in [0.5, 0.6) is 0 Å². The number of unbranched alkanes of at least 4 members (excludes halogenated alkanes) is 2. The normalized spacial score (nSPS) is 24.5. The monoisotopic (exact) mass is 236 g/mol. The van der Waals surface area contributed by atoms with Gasteiger partial charge in [-0.25, -0.2) is 9.59 Å². The van der Waals surface area contributed by atoms with Gasteiger partial charge in [-0.3, -0.25) is 0 Å². The van der Waals surface area contributed by atoms with Crippen LogP contribution >= 0.6 is 0 Å². The Kier molecular flexibility index (Phi) is 3.96. The third kappa shape index (κ3) is 3.19. The van der Waals surface area contributed by atoms with Crippen molar-refractivity contribution in [2.75, 3.05) is 13.2 Å². The van der Waals surface area contributed by atoms with E-state index in [1.807, 2.05) is 12.2 Å². The number of carbonyl (C=O) groups is 2. The second-order valence-electron chi connectivity index (χ2n) is 4.16. The minimum atomic E-state index is -0.178.